The van der Waals surface area contributed by atoms with Gasteiger partial charge in [0, 0.05) is 44.9 Å². The molecule has 178 valence electrons. The molecule has 35 heavy (non-hydrogen) atoms. The highest BCUT2D eigenvalue weighted by molar-refractivity contribution is 6.30. The zero-order valence-corrected chi connectivity index (χ0v) is 19.8. The van der Waals surface area contributed by atoms with E-state index < -0.39 is 22.3 Å². The van der Waals surface area contributed by atoms with Crippen LogP contribution in [0.25, 0.3) is 27.7 Å². The summed E-state index contributed by atoms with van der Waals surface area (Å²) in [7, 11) is 1.53. The van der Waals surface area contributed by atoms with E-state index in [0.29, 0.717) is 27.5 Å². The van der Waals surface area contributed by atoms with Crippen LogP contribution in [0, 0.1) is 22.9 Å². The maximum absolute atomic E-state index is 13.6. The van der Waals surface area contributed by atoms with Crippen molar-refractivity contribution < 1.29 is 23.3 Å². The number of fused-ring (bicyclic) bond motifs is 1. The van der Waals surface area contributed by atoms with Crippen LogP contribution in [-0.4, -0.2) is 17.9 Å². The smallest absolute Gasteiger partial charge is 0.306 e. The molecule has 1 heterocycles. The molecule has 0 fully saturated rings. The van der Waals surface area contributed by atoms with E-state index in [9.17, 15) is 19.3 Å². The monoisotopic (exact) mass is 494 g/mol. The molecule has 0 aliphatic carbocycles. The van der Waals surface area contributed by atoms with E-state index in [1.807, 2.05) is 25.1 Å². The van der Waals surface area contributed by atoms with Crippen molar-refractivity contribution in [3.8, 4) is 16.9 Å². The Morgan fingerprint density at radius 1 is 1.20 bits per heavy atom. The van der Waals surface area contributed by atoms with Crippen molar-refractivity contribution in [1.29, 1.82) is 0 Å². The molecule has 4 aromatic rings. The summed E-state index contributed by atoms with van der Waals surface area (Å²) in [6.45, 7) is 3.61. The maximum atomic E-state index is 13.6. The third kappa shape index (κ3) is 4.74. The first kappa shape index (κ1) is 24.0. The van der Waals surface area contributed by atoms with Crippen LogP contribution in [0.15, 0.2) is 65.3 Å². The molecular formula is C26H20ClFN2O5. The van der Waals surface area contributed by atoms with Gasteiger partial charge in [-0.25, -0.2) is 0 Å². The molecule has 3 aromatic carbocycles. The number of hydrogen-bond acceptors (Lipinski definition) is 5. The minimum Gasteiger partial charge on any atom is -0.496 e. The van der Waals surface area contributed by atoms with Gasteiger partial charge in [-0.2, -0.15) is 4.39 Å². The number of nitro groups is 1. The van der Waals surface area contributed by atoms with E-state index in [1.165, 1.54) is 19.3 Å². The van der Waals surface area contributed by atoms with Gasteiger partial charge in [-0.15, -0.1) is 0 Å². The molecule has 9 heteroatoms. The summed E-state index contributed by atoms with van der Waals surface area (Å²) in [4.78, 5) is 22.8. The number of nitrogens with one attached hydrogen (secondary N) is 1. The van der Waals surface area contributed by atoms with Gasteiger partial charge in [0.15, 0.2) is 0 Å². The lowest BCUT2D eigenvalue weighted by Gasteiger charge is -2.13. The number of ether oxygens (including phenoxy) is 1. The first-order chi connectivity index (χ1) is 16.7. The second-order valence-corrected chi connectivity index (χ2v) is 8.29. The van der Waals surface area contributed by atoms with Gasteiger partial charge in [-0.3, -0.25) is 14.9 Å². The molecule has 0 aliphatic heterocycles. The van der Waals surface area contributed by atoms with Gasteiger partial charge in [-0.1, -0.05) is 23.7 Å². The summed E-state index contributed by atoms with van der Waals surface area (Å²) in [5.41, 5.74) is 3.85. The average molecular weight is 495 g/mol. The van der Waals surface area contributed by atoms with Crippen LogP contribution in [0.1, 0.15) is 18.1 Å². The number of methoxy groups -OCH3 is 1. The molecule has 0 spiro atoms. The average Bonchev–Trinajstić information content (AvgIpc) is 3.25. The number of nitro benzene ring substituents is 1. The molecular weight excluding hydrogens is 475 g/mol. The lowest BCUT2D eigenvalue weighted by Crippen LogP contribution is -2.09. The lowest BCUT2D eigenvalue weighted by molar-refractivity contribution is -0.387. The molecule has 0 bridgehead atoms. The molecule has 0 saturated carbocycles. The quantitative estimate of drug-likeness (QED) is 0.174. The van der Waals surface area contributed by atoms with Gasteiger partial charge < -0.3 is 14.5 Å². The number of carbonyl (C=O) groups excluding carboxylic acids is 1. The fourth-order valence-corrected chi connectivity index (χ4v) is 4.03. The fourth-order valence-electron chi connectivity index (χ4n) is 3.91. The van der Waals surface area contributed by atoms with Gasteiger partial charge in [0.2, 0.25) is 11.7 Å². The molecule has 0 atom stereocenters. The van der Waals surface area contributed by atoms with Crippen LogP contribution in [-0.2, 0) is 4.79 Å². The number of carbonyl (C=O) groups is 1. The third-order valence-corrected chi connectivity index (χ3v) is 5.84. The lowest BCUT2D eigenvalue weighted by atomic mass is 9.96. The van der Waals surface area contributed by atoms with Crippen LogP contribution in [0.2, 0.25) is 5.02 Å². The molecule has 0 saturated heterocycles. The Morgan fingerprint density at radius 3 is 2.57 bits per heavy atom. The number of amides is 1. The molecule has 0 unspecified atom stereocenters. The largest absolute Gasteiger partial charge is 0.496 e. The van der Waals surface area contributed by atoms with Crippen molar-refractivity contribution >= 4 is 45.4 Å². The number of allylic oxidation sites excluding steroid dienone is 1. The van der Waals surface area contributed by atoms with E-state index >= 15 is 0 Å². The van der Waals surface area contributed by atoms with Crippen LogP contribution >= 0.6 is 11.6 Å². The van der Waals surface area contributed by atoms with Gasteiger partial charge in [0.05, 0.1) is 18.3 Å². The van der Waals surface area contributed by atoms with Gasteiger partial charge >= 0.3 is 5.69 Å². The van der Waals surface area contributed by atoms with Crippen LogP contribution in [0.3, 0.4) is 0 Å². The number of hydrogen-bond donors (Lipinski definition) is 1. The second-order valence-electron chi connectivity index (χ2n) is 7.86. The number of rotatable bonds is 6. The van der Waals surface area contributed by atoms with Gasteiger partial charge in [-0.05, 0) is 55.3 Å². The molecule has 7 nitrogen and oxygen atoms in total. The van der Waals surface area contributed by atoms with Crippen molar-refractivity contribution in [1.82, 2.24) is 0 Å². The predicted molar refractivity (Wildman–Crippen MR) is 133 cm³/mol. The SMILES string of the molecule is COc1c(/C(C)=C/C(=O)Nc2ccc(F)c([N+](=O)[O-])c2)cc2c(-c3ccc(Cl)cc3)coc2c1C. The molecule has 0 radical (unpaired) electrons. The van der Waals surface area contributed by atoms with Gasteiger partial charge in [0.25, 0.3) is 0 Å². The molecule has 1 N–H and O–H groups in total. The third-order valence-electron chi connectivity index (χ3n) is 5.59. The summed E-state index contributed by atoms with van der Waals surface area (Å²) in [5, 5.41) is 15.0. The summed E-state index contributed by atoms with van der Waals surface area (Å²) >= 11 is 6.02. The Hall–Kier alpha value is -4.17. The number of nitrogens with zero attached hydrogens (tertiary/aromatic N) is 1. The predicted octanol–water partition coefficient (Wildman–Crippen LogP) is 7.16. The van der Waals surface area contributed by atoms with E-state index in [-0.39, 0.29) is 5.69 Å². The van der Waals surface area contributed by atoms with Crippen LogP contribution < -0.4 is 10.1 Å². The number of benzene rings is 3. The molecule has 4 rings (SSSR count). The van der Waals surface area contributed by atoms with Crippen molar-refractivity contribution in [2.75, 3.05) is 12.4 Å². The van der Waals surface area contributed by atoms with E-state index in [0.717, 1.165) is 34.2 Å². The summed E-state index contributed by atoms with van der Waals surface area (Å²) in [6.07, 6.45) is 3.01. The van der Waals surface area contributed by atoms with Gasteiger partial charge in [0.1, 0.15) is 11.3 Å². The van der Waals surface area contributed by atoms with Crippen LogP contribution in [0.4, 0.5) is 15.8 Å². The Balaban J connectivity index is 1.73. The minimum atomic E-state index is -0.982. The Bertz CT molecular complexity index is 1490. The zero-order valence-electron chi connectivity index (χ0n) is 19.0. The van der Waals surface area contributed by atoms with E-state index in [2.05, 4.69) is 5.32 Å². The fraction of sp³-hybridized carbons (Fsp3) is 0.115. The van der Waals surface area contributed by atoms with Crippen molar-refractivity contribution in [2.45, 2.75) is 13.8 Å². The normalized spacial score (nSPS) is 11.5. The second kappa shape index (κ2) is 9.60. The first-order valence-corrected chi connectivity index (χ1v) is 10.9. The number of aryl methyl sites for hydroxylation is 1. The number of furan rings is 1. The number of anilines is 1. The first-order valence-electron chi connectivity index (χ1n) is 10.5. The molecule has 1 amide bonds. The van der Waals surface area contributed by atoms with Crippen molar-refractivity contribution in [2.24, 2.45) is 0 Å². The Labute approximate surface area is 204 Å². The van der Waals surface area contributed by atoms with E-state index in [4.69, 9.17) is 20.8 Å². The van der Waals surface area contributed by atoms with Crippen molar-refractivity contribution in [3.63, 3.8) is 0 Å². The van der Waals surface area contributed by atoms with Crippen molar-refractivity contribution in [3.05, 3.63) is 93.0 Å². The van der Waals surface area contributed by atoms with E-state index in [1.54, 1.807) is 25.3 Å². The summed E-state index contributed by atoms with van der Waals surface area (Å²) < 4.78 is 25.1. The summed E-state index contributed by atoms with van der Waals surface area (Å²) in [5.74, 6) is -0.966. The Kier molecular flexibility index (Phi) is 6.57. The number of halogens is 2. The van der Waals surface area contributed by atoms with Crippen LogP contribution in [0.5, 0.6) is 5.75 Å². The minimum absolute atomic E-state index is 0.102. The maximum Gasteiger partial charge on any atom is 0.306 e. The molecule has 1 aromatic heterocycles. The Morgan fingerprint density at radius 2 is 1.91 bits per heavy atom. The summed E-state index contributed by atoms with van der Waals surface area (Å²) in [6, 6.07) is 12.4. The zero-order chi connectivity index (χ0) is 25.3. The molecule has 0 aliphatic rings. The highest BCUT2D eigenvalue weighted by Crippen LogP contribution is 2.40. The standard InChI is InChI=1S/C26H20ClFN2O5/c1-14(10-24(31)29-18-8-9-22(28)23(11-18)30(32)33)19-12-20-21(16-4-6-17(27)7-5-16)13-35-26(20)15(2)25(19)34-3/h4-13H,1-3H3,(H,29,31)/b14-10+. The topological polar surface area (TPSA) is 94.6 Å². The highest BCUT2D eigenvalue weighted by Gasteiger charge is 2.19. The highest BCUT2D eigenvalue weighted by atomic mass is 35.5.